The number of fused-ring (bicyclic) bond motifs is 5. The maximum Gasteiger partial charge on any atom is 0.338 e. The van der Waals surface area contributed by atoms with E-state index in [0.717, 1.165) is 38.5 Å². The fourth-order valence-electron chi connectivity index (χ4n) is 9.44. The van der Waals surface area contributed by atoms with Gasteiger partial charge in [-0.15, -0.1) is 0 Å². The number of aliphatic carboxylic acids is 1. The van der Waals surface area contributed by atoms with Crippen LogP contribution in [0.4, 0.5) is 0 Å². The van der Waals surface area contributed by atoms with Crippen LogP contribution in [0.25, 0.3) is 0 Å². The van der Waals surface area contributed by atoms with Gasteiger partial charge in [0.25, 0.3) is 0 Å². The molecule has 1 aromatic carbocycles. The molecule has 1 aromatic rings. The highest BCUT2D eigenvalue weighted by Crippen LogP contribution is 2.68. The number of Topliss-reactive ketones (excluding diaryl/α,β-unsaturated/α-hetero) is 1. The van der Waals surface area contributed by atoms with Crippen molar-refractivity contribution in [2.45, 2.75) is 91.1 Å². The molecule has 1 N–H and O–H groups in total. The van der Waals surface area contributed by atoms with Crippen molar-refractivity contribution in [2.75, 3.05) is 0 Å². The highest BCUT2D eigenvalue weighted by Gasteiger charge is 2.65. The van der Waals surface area contributed by atoms with Crippen LogP contribution >= 0.6 is 0 Å². The van der Waals surface area contributed by atoms with Gasteiger partial charge >= 0.3 is 11.9 Å². The summed E-state index contributed by atoms with van der Waals surface area (Å²) in [5, 5.41) is 9.32. The van der Waals surface area contributed by atoms with Crippen LogP contribution in [0, 0.1) is 46.3 Å². The Kier molecular flexibility index (Phi) is 6.80. The predicted molar refractivity (Wildman–Crippen MR) is 137 cm³/mol. The van der Waals surface area contributed by atoms with Crippen molar-refractivity contribution in [3.63, 3.8) is 0 Å². The average molecular weight is 495 g/mol. The van der Waals surface area contributed by atoms with E-state index in [2.05, 4.69) is 20.8 Å². The lowest BCUT2D eigenvalue weighted by molar-refractivity contribution is -0.172. The molecule has 9 unspecified atom stereocenters. The zero-order chi connectivity index (χ0) is 25.7. The second kappa shape index (κ2) is 9.61. The molecule has 0 amide bonds. The number of ether oxygens (including phenoxy) is 1. The summed E-state index contributed by atoms with van der Waals surface area (Å²) in [4.78, 5) is 37.0. The van der Waals surface area contributed by atoms with E-state index in [1.54, 1.807) is 0 Å². The Balaban J connectivity index is 1.48. The lowest BCUT2D eigenvalue weighted by Gasteiger charge is -2.62. The number of esters is 1. The van der Waals surface area contributed by atoms with Gasteiger partial charge in [0.15, 0.2) is 0 Å². The first-order valence-electron chi connectivity index (χ1n) is 14.1. The lowest BCUT2D eigenvalue weighted by Crippen LogP contribution is -2.59. The Morgan fingerprint density at radius 2 is 1.83 bits per heavy atom. The van der Waals surface area contributed by atoms with Gasteiger partial charge in [0.2, 0.25) is 0 Å². The molecule has 5 heteroatoms. The van der Waals surface area contributed by atoms with E-state index in [9.17, 15) is 19.5 Å². The smallest absolute Gasteiger partial charge is 0.338 e. The summed E-state index contributed by atoms with van der Waals surface area (Å²) in [6.07, 6.45) is 8.36. The van der Waals surface area contributed by atoms with Crippen LogP contribution in [0.1, 0.15) is 95.3 Å². The van der Waals surface area contributed by atoms with Gasteiger partial charge in [-0.25, -0.2) is 4.79 Å². The first-order chi connectivity index (χ1) is 17.1. The quantitative estimate of drug-likeness (QED) is 0.454. The lowest BCUT2D eigenvalue weighted by atomic mass is 9.43. The van der Waals surface area contributed by atoms with Crippen LogP contribution < -0.4 is 0 Å². The Morgan fingerprint density at radius 3 is 2.56 bits per heavy atom. The number of hydrogen-bond acceptors (Lipinski definition) is 4. The molecular formula is C31H42O5. The van der Waals surface area contributed by atoms with Crippen LogP contribution in [0.15, 0.2) is 30.3 Å². The summed E-state index contributed by atoms with van der Waals surface area (Å²) in [7, 11) is 0. The van der Waals surface area contributed by atoms with Crippen LogP contribution in [0.3, 0.4) is 0 Å². The molecule has 4 aliphatic carbocycles. The number of hydrogen-bond donors (Lipinski definition) is 1. The summed E-state index contributed by atoms with van der Waals surface area (Å²) in [6.45, 7) is 6.97. The number of benzene rings is 1. The summed E-state index contributed by atoms with van der Waals surface area (Å²) in [5.74, 6) is 2.00. The fourth-order valence-corrected chi connectivity index (χ4v) is 9.44. The molecule has 0 aliphatic heterocycles. The minimum atomic E-state index is -0.740. The second-order valence-electron chi connectivity index (χ2n) is 12.9. The molecule has 5 nitrogen and oxygen atoms in total. The fraction of sp³-hybridized carbons (Fsp3) is 0.710. The van der Waals surface area contributed by atoms with Gasteiger partial charge in [-0.3, -0.25) is 9.59 Å². The van der Waals surface area contributed by atoms with Crippen molar-refractivity contribution in [2.24, 2.45) is 46.3 Å². The zero-order valence-corrected chi connectivity index (χ0v) is 22.1. The average Bonchev–Trinajstić information content (AvgIpc) is 3.22. The van der Waals surface area contributed by atoms with E-state index in [0.29, 0.717) is 60.2 Å². The Labute approximate surface area is 215 Å². The summed E-state index contributed by atoms with van der Waals surface area (Å²) >= 11 is 0. The Hall–Kier alpha value is -2.17. The number of carboxylic acids is 1. The van der Waals surface area contributed by atoms with Gasteiger partial charge < -0.3 is 9.84 Å². The largest absolute Gasteiger partial charge is 0.481 e. The summed E-state index contributed by atoms with van der Waals surface area (Å²) in [5.41, 5.74) is 0.559. The maximum atomic E-state index is 13.4. The molecule has 4 aliphatic rings. The molecular weight excluding hydrogens is 452 g/mol. The van der Waals surface area contributed by atoms with Crippen LogP contribution in [0.2, 0.25) is 0 Å². The molecule has 0 heterocycles. The van der Waals surface area contributed by atoms with Crippen molar-refractivity contribution in [1.82, 2.24) is 0 Å². The number of ketones is 1. The first-order valence-corrected chi connectivity index (χ1v) is 14.1. The van der Waals surface area contributed by atoms with Crippen LogP contribution in [-0.4, -0.2) is 28.9 Å². The minimum Gasteiger partial charge on any atom is -0.481 e. The SMILES string of the molecule is CC(CCC(=O)O)C1CCC2C3CCC4CC(=O)CCC4(C)C3CC(OC(=O)c3ccccc3)C12C. The van der Waals surface area contributed by atoms with Crippen molar-refractivity contribution in [3.8, 4) is 0 Å². The molecule has 4 saturated carbocycles. The molecule has 36 heavy (non-hydrogen) atoms. The van der Waals surface area contributed by atoms with Crippen LogP contribution in [-0.2, 0) is 14.3 Å². The molecule has 0 aromatic heterocycles. The Bertz CT molecular complexity index is 1000. The van der Waals surface area contributed by atoms with Gasteiger partial charge in [0, 0.05) is 24.7 Å². The maximum absolute atomic E-state index is 13.4. The number of carbonyl (C=O) groups is 3. The van der Waals surface area contributed by atoms with Gasteiger partial charge in [0.1, 0.15) is 11.9 Å². The van der Waals surface area contributed by atoms with E-state index in [1.807, 2.05) is 30.3 Å². The third kappa shape index (κ3) is 4.20. The van der Waals surface area contributed by atoms with E-state index >= 15 is 0 Å². The summed E-state index contributed by atoms with van der Waals surface area (Å²) in [6, 6.07) is 9.29. The van der Waals surface area contributed by atoms with E-state index in [1.165, 1.54) is 0 Å². The monoisotopic (exact) mass is 494 g/mol. The highest BCUT2D eigenvalue weighted by atomic mass is 16.5. The topological polar surface area (TPSA) is 80.7 Å². The van der Waals surface area contributed by atoms with E-state index in [-0.39, 0.29) is 35.2 Å². The molecule has 0 radical (unpaired) electrons. The minimum absolute atomic E-state index is 0.128. The number of carboxylic acid groups (broad SMARTS) is 1. The normalized spacial score (nSPS) is 40.5. The summed E-state index contributed by atoms with van der Waals surface area (Å²) < 4.78 is 6.47. The molecule has 196 valence electrons. The van der Waals surface area contributed by atoms with Crippen LogP contribution in [0.5, 0.6) is 0 Å². The Morgan fingerprint density at radius 1 is 1.08 bits per heavy atom. The van der Waals surface area contributed by atoms with Gasteiger partial charge in [0.05, 0.1) is 5.56 Å². The van der Waals surface area contributed by atoms with Gasteiger partial charge in [-0.2, -0.15) is 0 Å². The molecule has 0 bridgehead atoms. The van der Waals surface area contributed by atoms with E-state index in [4.69, 9.17) is 4.74 Å². The van der Waals surface area contributed by atoms with Gasteiger partial charge in [-0.05, 0) is 98.0 Å². The number of rotatable bonds is 6. The zero-order valence-electron chi connectivity index (χ0n) is 22.1. The predicted octanol–water partition coefficient (Wildman–Crippen LogP) is 6.55. The van der Waals surface area contributed by atoms with Crippen molar-refractivity contribution >= 4 is 17.7 Å². The third-order valence-corrected chi connectivity index (χ3v) is 11.4. The molecule has 9 atom stereocenters. The van der Waals surface area contributed by atoms with Gasteiger partial charge in [-0.1, -0.05) is 39.0 Å². The molecule has 0 saturated heterocycles. The standard InChI is InChI=1S/C31H42O5/c1-19(9-14-28(33)34)24-12-13-25-23-11-10-21-17-22(32)15-16-30(21,2)26(23)18-27(31(24,25)3)36-29(35)20-7-5-4-6-8-20/h4-8,19,21,23-27H,9-18H2,1-3H3,(H,33,34). The third-order valence-electron chi connectivity index (χ3n) is 11.4. The molecule has 5 rings (SSSR count). The number of carbonyl (C=O) groups excluding carboxylic acids is 2. The van der Waals surface area contributed by atoms with E-state index < -0.39 is 5.97 Å². The molecule has 4 fully saturated rings. The van der Waals surface area contributed by atoms with Crippen molar-refractivity contribution in [3.05, 3.63) is 35.9 Å². The molecule has 0 spiro atoms. The second-order valence-corrected chi connectivity index (χ2v) is 12.9. The van der Waals surface area contributed by atoms with Crippen molar-refractivity contribution in [1.29, 1.82) is 0 Å². The first kappa shape index (κ1) is 25.5. The van der Waals surface area contributed by atoms with Crippen molar-refractivity contribution < 1.29 is 24.2 Å². The highest BCUT2D eigenvalue weighted by molar-refractivity contribution is 5.89.